The maximum absolute atomic E-state index is 7.56. The zero-order valence-electron chi connectivity index (χ0n) is 6.03. The molecule has 0 spiro atoms. The van der Waals surface area contributed by atoms with Crippen LogP contribution in [0.3, 0.4) is 0 Å². The van der Waals surface area contributed by atoms with Crippen molar-refractivity contribution in [1.29, 1.82) is 0 Å². The zero-order valence-corrected chi connectivity index (χ0v) is 10.7. The van der Waals surface area contributed by atoms with Crippen LogP contribution in [-0.4, -0.2) is 14.7 Å². The Morgan fingerprint density at radius 3 is 1.70 bits per heavy atom. The van der Waals surface area contributed by atoms with E-state index in [1.807, 2.05) is 0 Å². The van der Waals surface area contributed by atoms with Gasteiger partial charge in [0.25, 0.3) is 0 Å². The Kier molecular flexibility index (Phi) is 11.3. The maximum atomic E-state index is 7.56. The smallest absolute Gasteiger partial charge is 0.319 e. The van der Waals surface area contributed by atoms with Crippen molar-refractivity contribution in [2.45, 2.75) is 24.8 Å². The van der Waals surface area contributed by atoms with Crippen molar-refractivity contribution in [3.63, 3.8) is 0 Å². The van der Waals surface area contributed by atoms with Gasteiger partial charge in [0.1, 0.15) is 0 Å². The number of hydrogen-bond acceptors (Lipinski definition) is 1. The second-order valence-corrected chi connectivity index (χ2v) is 5.70. The summed E-state index contributed by atoms with van der Waals surface area (Å²) >= 11 is 5.08. The van der Waals surface area contributed by atoms with Crippen LogP contribution >= 0.6 is 6.72 Å². The van der Waals surface area contributed by atoms with E-state index in [4.69, 9.17) is 14.7 Å². The minimum absolute atomic E-state index is 1.38. The summed E-state index contributed by atoms with van der Waals surface area (Å²) in [4.78, 5) is 22.7. The van der Waals surface area contributed by atoms with Gasteiger partial charge in [0.15, 0.2) is 0 Å². The van der Waals surface area contributed by atoms with Crippen molar-refractivity contribution >= 4 is 18.5 Å². The molecule has 0 atom stereocenters. The molecule has 0 aliphatic carbocycles. The Hall–Kier alpha value is 1.15. The summed E-state index contributed by atoms with van der Waals surface area (Å²) in [5.41, 5.74) is 0. The average Bonchev–Trinajstić information content (AvgIpc) is 1.63. The van der Waals surface area contributed by atoms with E-state index in [-0.39, 0.29) is 0 Å². The minimum Gasteiger partial charge on any atom is -0.325 e. The molecule has 6 heteroatoms. The van der Waals surface area contributed by atoms with E-state index in [0.29, 0.717) is 0 Å². The molecule has 59 valence electrons. The van der Waals surface area contributed by atoms with Crippen molar-refractivity contribution < 1.29 is 33.0 Å². The molecule has 0 radical (unpaired) electrons. The molecule has 0 rings (SSSR count). The van der Waals surface area contributed by atoms with Crippen LogP contribution in [-0.2, 0) is 30.1 Å². The number of unbranched alkanes of at least 4 members (excludes halogenated alkanes) is 1. The van der Waals surface area contributed by atoms with Gasteiger partial charge in [-0.2, -0.15) is 0 Å². The molecule has 0 aromatic heterocycles. The molecule has 3 N–H and O–H groups in total. The molecule has 0 amide bonds. The largest absolute Gasteiger partial charge is 0.325 e. The molecule has 10 heavy (non-hydrogen) atoms. The first-order valence-corrected chi connectivity index (χ1v) is 7.75. The molecule has 0 saturated heterocycles. The maximum Gasteiger partial charge on any atom is 0.319 e. The fraction of sp³-hybridized carbons (Fsp3) is 1.00. The van der Waals surface area contributed by atoms with E-state index >= 15 is 0 Å². The minimum atomic E-state index is -3.81. The molecular weight excluding hydrogens is 224 g/mol. The van der Waals surface area contributed by atoms with E-state index in [1.54, 1.807) is 0 Å². The van der Waals surface area contributed by atoms with Gasteiger partial charge in [-0.1, -0.05) is 0 Å². The normalized spacial score (nSPS) is 10.2. The molecule has 0 aromatic rings. The van der Waals surface area contributed by atoms with Crippen LogP contribution in [0.2, 0.25) is 5.02 Å². The Morgan fingerprint density at radius 2 is 1.70 bits per heavy atom. The van der Waals surface area contributed by atoms with Gasteiger partial charge in [-0.05, 0) is 11.8 Å². The SMILES string of the molecule is CCC[CH2][Zn].OP(O)(O)=S. The fourth-order valence-electron chi connectivity index (χ4n) is 0.250. The topological polar surface area (TPSA) is 60.7 Å². The van der Waals surface area contributed by atoms with E-state index in [2.05, 4.69) is 18.7 Å². The van der Waals surface area contributed by atoms with Gasteiger partial charge < -0.3 is 14.7 Å². The molecule has 0 bridgehead atoms. The quantitative estimate of drug-likeness (QED) is 0.493. The van der Waals surface area contributed by atoms with Gasteiger partial charge >= 0.3 is 49.8 Å². The Bertz CT molecular complexity index is 94.4. The predicted molar refractivity (Wildman–Crippen MR) is 40.7 cm³/mol. The third-order valence-electron chi connectivity index (χ3n) is 0.604. The van der Waals surface area contributed by atoms with E-state index in [1.165, 1.54) is 36.2 Å². The van der Waals surface area contributed by atoms with Gasteiger partial charge in [-0.25, -0.2) is 0 Å². The van der Waals surface area contributed by atoms with Crippen molar-refractivity contribution in [3.05, 3.63) is 0 Å². The molecule has 0 unspecified atom stereocenters. The zero-order chi connectivity index (χ0) is 8.62. The van der Waals surface area contributed by atoms with E-state index < -0.39 is 6.72 Å². The van der Waals surface area contributed by atoms with Gasteiger partial charge in [0.2, 0.25) is 0 Å². The van der Waals surface area contributed by atoms with Crippen LogP contribution in [0.5, 0.6) is 0 Å². The molecule has 0 aliphatic rings. The third-order valence-corrected chi connectivity index (χ3v) is 1.65. The fourth-order valence-corrected chi connectivity index (χ4v) is 1.30. The standard InChI is InChI=1S/C4H9.H3O3PS.Zn/c1-3-4-2;1-4(2,3)5;/h1,3-4H2,2H3;(H3,1,2,3,5);. The number of rotatable bonds is 2. The van der Waals surface area contributed by atoms with Crippen LogP contribution in [0, 0.1) is 0 Å². The summed E-state index contributed by atoms with van der Waals surface area (Å²) in [5.74, 6) is 0. The first-order valence-electron chi connectivity index (χ1n) is 2.99. The molecule has 0 aromatic carbocycles. The summed E-state index contributed by atoms with van der Waals surface area (Å²) in [6.45, 7) is -1.57. The monoisotopic (exact) mass is 235 g/mol. The second kappa shape index (κ2) is 8.25. The molecular formula is C4H12O3PSZn. The van der Waals surface area contributed by atoms with Crippen molar-refractivity contribution in [3.8, 4) is 0 Å². The van der Waals surface area contributed by atoms with Gasteiger partial charge in [0.05, 0.1) is 0 Å². The van der Waals surface area contributed by atoms with Crippen LogP contribution < -0.4 is 0 Å². The molecule has 3 nitrogen and oxygen atoms in total. The Morgan fingerprint density at radius 1 is 1.40 bits per heavy atom. The van der Waals surface area contributed by atoms with E-state index in [9.17, 15) is 0 Å². The van der Waals surface area contributed by atoms with Crippen molar-refractivity contribution in [2.75, 3.05) is 0 Å². The van der Waals surface area contributed by atoms with Crippen molar-refractivity contribution in [2.24, 2.45) is 0 Å². The van der Waals surface area contributed by atoms with Gasteiger partial charge in [-0.15, -0.1) is 0 Å². The molecule has 0 aliphatic heterocycles. The first kappa shape index (κ1) is 13.7. The van der Waals surface area contributed by atoms with Crippen molar-refractivity contribution in [1.82, 2.24) is 0 Å². The second-order valence-electron chi connectivity index (χ2n) is 1.72. The summed E-state index contributed by atoms with van der Waals surface area (Å²) in [5, 5.41) is 1.47. The predicted octanol–water partition coefficient (Wildman–Crippen LogP) is 0.939. The number of hydrogen-bond donors (Lipinski definition) is 3. The first-order chi connectivity index (χ1) is 4.41. The van der Waals surface area contributed by atoms with Gasteiger partial charge in [-0.3, -0.25) is 0 Å². The third kappa shape index (κ3) is 61.2. The molecule has 0 heterocycles. The van der Waals surface area contributed by atoms with E-state index in [0.717, 1.165) is 0 Å². The Balaban J connectivity index is 0. The van der Waals surface area contributed by atoms with Crippen LogP contribution in [0.15, 0.2) is 0 Å². The average molecular weight is 237 g/mol. The summed E-state index contributed by atoms with van der Waals surface area (Å²) in [6, 6.07) is 0. The molecule has 0 fully saturated rings. The Labute approximate surface area is 76.4 Å². The molecule has 0 saturated carbocycles. The van der Waals surface area contributed by atoms with Crippen LogP contribution in [0.4, 0.5) is 0 Å². The summed E-state index contributed by atoms with van der Waals surface area (Å²) in [6.07, 6.45) is 2.82. The van der Waals surface area contributed by atoms with Crippen LogP contribution in [0.25, 0.3) is 0 Å². The van der Waals surface area contributed by atoms with Gasteiger partial charge in [0, 0.05) is 0 Å². The van der Waals surface area contributed by atoms with Crippen LogP contribution in [0.1, 0.15) is 19.8 Å². The summed E-state index contributed by atoms with van der Waals surface area (Å²) in [7, 11) is 0. The summed E-state index contributed by atoms with van der Waals surface area (Å²) < 4.78 is 0.